The van der Waals surface area contributed by atoms with Gasteiger partial charge >= 0.3 is 17.1 Å². The van der Waals surface area contributed by atoms with Gasteiger partial charge in [-0.2, -0.15) is 0 Å². The number of hydrogen-bond acceptors (Lipinski definition) is 2. The van der Waals surface area contributed by atoms with Gasteiger partial charge in [0.1, 0.15) is 0 Å². The van der Waals surface area contributed by atoms with E-state index >= 15 is 0 Å². The summed E-state index contributed by atoms with van der Waals surface area (Å²) in [5.74, 6) is 0. The van der Waals surface area contributed by atoms with Crippen LogP contribution in [-0.4, -0.2) is 10.2 Å². The fourth-order valence-electron chi connectivity index (χ4n) is 0. The Morgan fingerprint density at radius 3 is 0.800 bits per heavy atom. The normalized spacial score (nSPS) is 2.40. The first-order valence-corrected chi connectivity index (χ1v) is 0.632. The van der Waals surface area contributed by atoms with Crippen LogP contribution in [0.3, 0.4) is 0 Å². The molecular weight excluding hydrogens is 112 g/mol. The van der Waals surface area contributed by atoms with Crippen molar-refractivity contribution in [2.75, 3.05) is 0 Å². The average Bonchev–Trinajstić information content (AvgIpc) is 1.50. The van der Waals surface area contributed by atoms with Gasteiger partial charge in [0.2, 0.25) is 0 Å². The first kappa shape index (κ1) is 18.0. The van der Waals surface area contributed by atoms with Crippen molar-refractivity contribution in [1.82, 2.24) is 0 Å². The van der Waals surface area contributed by atoms with Gasteiger partial charge in [-0.3, -0.25) is 0 Å². The molecule has 0 saturated carbocycles. The standard InChI is InChI=1S/2CH3O.Fe/c2*1-2;/h2*2H,1H2;/q2*-1;+2. The number of aliphatic hydroxyl groups is 2. The Morgan fingerprint density at radius 2 is 0.800 bits per heavy atom. The van der Waals surface area contributed by atoms with Crippen LogP contribution >= 0.6 is 0 Å². The maximum atomic E-state index is 6.75. The molecule has 0 spiro atoms. The summed E-state index contributed by atoms with van der Waals surface area (Å²) in [5, 5.41) is 13.5. The zero-order chi connectivity index (χ0) is 4.00. The van der Waals surface area contributed by atoms with Crippen LogP contribution in [0.1, 0.15) is 0 Å². The van der Waals surface area contributed by atoms with Crippen LogP contribution in [0.5, 0.6) is 0 Å². The van der Waals surface area contributed by atoms with Gasteiger partial charge in [-0.25, -0.2) is 14.2 Å². The summed E-state index contributed by atoms with van der Waals surface area (Å²) in [6.07, 6.45) is 0. The minimum atomic E-state index is 0. The molecule has 0 rings (SSSR count). The molecule has 5 heavy (non-hydrogen) atoms. The van der Waals surface area contributed by atoms with Crippen LogP contribution in [0, 0.1) is 14.2 Å². The Balaban J connectivity index is -0.0000000133. The first-order valence-electron chi connectivity index (χ1n) is 0.632. The molecular formula is C2H6FeO2. The van der Waals surface area contributed by atoms with Gasteiger partial charge in [0.05, 0.1) is 0 Å². The predicted octanol–water partition coefficient (Wildman–Crippen LogP) is 0.298. The zero-order valence-electron chi connectivity index (χ0n) is 2.66. The second kappa shape index (κ2) is 272. The van der Waals surface area contributed by atoms with E-state index in [2.05, 4.69) is 14.2 Å². The minimum absolute atomic E-state index is 0. The Bertz CT molecular complexity index is 7.61. The molecule has 0 atom stereocenters. The van der Waals surface area contributed by atoms with Gasteiger partial charge < -0.3 is 10.2 Å². The molecule has 0 amide bonds. The summed E-state index contributed by atoms with van der Waals surface area (Å²) in [5.41, 5.74) is 0. The van der Waals surface area contributed by atoms with Gasteiger partial charge in [0, 0.05) is 0 Å². The van der Waals surface area contributed by atoms with Crippen LogP contribution in [0.25, 0.3) is 0 Å². The average molecular weight is 118 g/mol. The summed E-state index contributed by atoms with van der Waals surface area (Å²) < 4.78 is 0. The molecule has 2 nitrogen and oxygen atoms in total. The SMILES string of the molecule is [CH2-]O.[CH2-]O.[Fe+2]. The third kappa shape index (κ3) is 137. The molecule has 0 aliphatic heterocycles. The molecule has 0 aliphatic carbocycles. The summed E-state index contributed by atoms with van der Waals surface area (Å²) in [6.45, 7) is 0. The number of aliphatic hydroxyl groups excluding tert-OH is 2. The minimum Gasteiger partial charge on any atom is -0.569 e. The molecule has 0 fully saturated rings. The Labute approximate surface area is 42.3 Å². The van der Waals surface area contributed by atoms with E-state index in [1.54, 1.807) is 0 Å². The molecule has 0 aromatic heterocycles. The van der Waals surface area contributed by atoms with Crippen LogP contribution in [0.2, 0.25) is 0 Å². The van der Waals surface area contributed by atoms with Crippen LogP contribution in [-0.2, 0) is 17.1 Å². The third-order valence-corrected chi connectivity index (χ3v) is 0. The van der Waals surface area contributed by atoms with Crippen molar-refractivity contribution in [3.63, 3.8) is 0 Å². The Kier molecular flexibility index (Phi) is 980. The topological polar surface area (TPSA) is 40.5 Å². The van der Waals surface area contributed by atoms with E-state index in [0.29, 0.717) is 0 Å². The predicted molar refractivity (Wildman–Crippen MR) is 14.6 cm³/mol. The molecule has 2 N–H and O–H groups in total. The van der Waals surface area contributed by atoms with E-state index in [4.69, 9.17) is 10.2 Å². The van der Waals surface area contributed by atoms with Crippen molar-refractivity contribution >= 4 is 0 Å². The smallest absolute Gasteiger partial charge is 0.569 e. The van der Waals surface area contributed by atoms with Crippen molar-refractivity contribution in [3.05, 3.63) is 14.2 Å². The number of rotatable bonds is 0. The second-order valence-electron chi connectivity index (χ2n) is 0. The maximum Gasteiger partial charge on any atom is 2.00 e. The monoisotopic (exact) mass is 118 g/mol. The third-order valence-electron chi connectivity index (χ3n) is 0. The molecule has 0 aliphatic rings. The molecule has 0 radical (unpaired) electrons. The Morgan fingerprint density at radius 1 is 0.800 bits per heavy atom. The quantitative estimate of drug-likeness (QED) is 0.354. The summed E-state index contributed by atoms with van der Waals surface area (Å²) >= 11 is 0. The molecule has 3 heteroatoms. The summed E-state index contributed by atoms with van der Waals surface area (Å²) in [7, 11) is 4.50. The summed E-state index contributed by atoms with van der Waals surface area (Å²) in [6, 6.07) is 0. The fraction of sp³-hybridized carbons (Fsp3) is 0. The van der Waals surface area contributed by atoms with Crippen molar-refractivity contribution in [2.24, 2.45) is 0 Å². The van der Waals surface area contributed by atoms with Crippen LogP contribution < -0.4 is 0 Å². The van der Waals surface area contributed by atoms with Gasteiger partial charge in [-0.15, -0.1) is 0 Å². The van der Waals surface area contributed by atoms with Crippen LogP contribution in [0.4, 0.5) is 0 Å². The second-order valence-corrected chi connectivity index (χ2v) is 0. The van der Waals surface area contributed by atoms with Crippen molar-refractivity contribution in [3.8, 4) is 0 Å². The molecule has 0 bridgehead atoms. The molecule has 0 heterocycles. The maximum absolute atomic E-state index is 6.75. The number of hydrogen-bond donors (Lipinski definition) is 2. The van der Waals surface area contributed by atoms with E-state index in [1.165, 1.54) is 0 Å². The van der Waals surface area contributed by atoms with Gasteiger partial charge in [0.25, 0.3) is 0 Å². The zero-order valence-corrected chi connectivity index (χ0v) is 3.77. The molecule has 0 aromatic rings. The Hall–Kier alpha value is 0.439. The summed E-state index contributed by atoms with van der Waals surface area (Å²) in [4.78, 5) is 0. The van der Waals surface area contributed by atoms with E-state index in [0.717, 1.165) is 0 Å². The van der Waals surface area contributed by atoms with E-state index in [1.807, 2.05) is 0 Å². The van der Waals surface area contributed by atoms with Gasteiger partial charge in [-0.05, 0) is 0 Å². The van der Waals surface area contributed by atoms with Crippen LogP contribution in [0.15, 0.2) is 0 Å². The van der Waals surface area contributed by atoms with E-state index < -0.39 is 0 Å². The van der Waals surface area contributed by atoms with Gasteiger partial charge in [0.15, 0.2) is 0 Å². The van der Waals surface area contributed by atoms with Gasteiger partial charge in [-0.1, -0.05) is 0 Å². The molecule has 34 valence electrons. The van der Waals surface area contributed by atoms with Crippen molar-refractivity contribution < 1.29 is 27.3 Å². The van der Waals surface area contributed by atoms with Crippen molar-refractivity contribution in [1.29, 1.82) is 0 Å². The molecule has 0 unspecified atom stereocenters. The van der Waals surface area contributed by atoms with E-state index in [-0.39, 0.29) is 17.1 Å². The molecule has 0 aromatic carbocycles. The van der Waals surface area contributed by atoms with Crippen molar-refractivity contribution in [2.45, 2.75) is 0 Å². The fourth-order valence-corrected chi connectivity index (χ4v) is 0. The molecule has 0 saturated heterocycles. The largest absolute Gasteiger partial charge is 2.00 e. The first-order chi connectivity index (χ1) is 2.00. The van der Waals surface area contributed by atoms with E-state index in [9.17, 15) is 0 Å².